The minimum atomic E-state index is -2.10. The van der Waals surface area contributed by atoms with Crippen LogP contribution >= 0.6 is 0 Å². The first-order valence-corrected chi connectivity index (χ1v) is 13.1. The molecule has 2 amide bonds. The van der Waals surface area contributed by atoms with Crippen molar-refractivity contribution < 1.29 is 33.4 Å². The highest BCUT2D eigenvalue weighted by Gasteiger charge is 2.33. The van der Waals surface area contributed by atoms with E-state index in [4.69, 9.17) is 13.8 Å². The number of para-hydroxylation sites is 1. The van der Waals surface area contributed by atoms with Gasteiger partial charge in [0.25, 0.3) is 0 Å². The summed E-state index contributed by atoms with van der Waals surface area (Å²) in [5, 5.41) is 25.5. The lowest BCUT2D eigenvalue weighted by Gasteiger charge is -2.27. The van der Waals surface area contributed by atoms with Gasteiger partial charge in [-0.2, -0.15) is 0 Å². The van der Waals surface area contributed by atoms with E-state index in [0.717, 1.165) is 42.2 Å². The second-order valence-corrected chi connectivity index (χ2v) is 9.78. The zero-order valence-corrected chi connectivity index (χ0v) is 21.6. The first kappa shape index (κ1) is 27.7. The van der Waals surface area contributed by atoms with Crippen molar-refractivity contribution in [1.82, 2.24) is 10.6 Å². The predicted molar refractivity (Wildman–Crippen MR) is 143 cm³/mol. The van der Waals surface area contributed by atoms with Gasteiger partial charge in [-0.15, -0.1) is 0 Å². The molecule has 38 heavy (non-hydrogen) atoms. The Labute approximate surface area is 222 Å². The van der Waals surface area contributed by atoms with Crippen molar-refractivity contribution in [3.05, 3.63) is 65.9 Å². The molecule has 1 aliphatic carbocycles. The van der Waals surface area contributed by atoms with Crippen LogP contribution in [0.5, 0.6) is 5.75 Å². The van der Waals surface area contributed by atoms with Crippen LogP contribution in [0, 0.1) is 11.8 Å². The third-order valence-corrected chi connectivity index (χ3v) is 7.08. The smallest absolute Gasteiger partial charge is 0.497 e. The van der Waals surface area contributed by atoms with Gasteiger partial charge < -0.3 is 34.5 Å². The summed E-state index contributed by atoms with van der Waals surface area (Å²) in [5.74, 6) is -0.901. The van der Waals surface area contributed by atoms with Gasteiger partial charge in [0.15, 0.2) is 0 Å². The number of ether oxygens (including phenoxy) is 1. The van der Waals surface area contributed by atoms with Gasteiger partial charge in [-0.1, -0.05) is 62.4 Å². The summed E-state index contributed by atoms with van der Waals surface area (Å²) in [6, 6.07) is 14.8. The molecule has 1 fully saturated rings. The van der Waals surface area contributed by atoms with E-state index in [-0.39, 0.29) is 24.8 Å². The fourth-order valence-corrected chi connectivity index (χ4v) is 5.11. The number of amides is 2. The van der Waals surface area contributed by atoms with E-state index in [1.165, 1.54) is 6.42 Å². The van der Waals surface area contributed by atoms with E-state index in [2.05, 4.69) is 10.6 Å². The van der Waals surface area contributed by atoms with Crippen molar-refractivity contribution in [1.29, 1.82) is 0 Å². The molecule has 1 saturated carbocycles. The van der Waals surface area contributed by atoms with Crippen LogP contribution < -0.4 is 15.4 Å². The molecule has 3 aromatic rings. The van der Waals surface area contributed by atoms with Crippen LogP contribution in [0.1, 0.15) is 49.7 Å². The summed E-state index contributed by atoms with van der Waals surface area (Å²) in [6.07, 6.45) is 6.30. The number of rotatable bonds is 12. The van der Waals surface area contributed by atoms with Gasteiger partial charge >= 0.3 is 7.32 Å². The largest absolute Gasteiger partial charge is 0.635 e. The molecule has 10 heteroatoms. The highest BCUT2D eigenvalue weighted by atomic mass is 16.6. The summed E-state index contributed by atoms with van der Waals surface area (Å²) in [5.41, 5.74) is 2.26. The molecule has 202 valence electrons. The molecule has 2 aromatic carbocycles. The Morgan fingerprint density at radius 3 is 2.63 bits per heavy atom. The SMILES string of the molecule is COc1cccc(CNC(=O)C(CC2CCCCC2)C(=O)N[C@@H](Cc2coc3ccccc23)OB(O)O)c1. The molecule has 2 atom stereocenters. The third-order valence-electron chi connectivity index (χ3n) is 7.08. The van der Waals surface area contributed by atoms with Crippen LogP contribution in [0.25, 0.3) is 11.0 Å². The van der Waals surface area contributed by atoms with Crippen LogP contribution in [-0.4, -0.2) is 42.5 Å². The summed E-state index contributed by atoms with van der Waals surface area (Å²) in [7, 11) is -0.520. The van der Waals surface area contributed by atoms with Crippen molar-refractivity contribution in [3.63, 3.8) is 0 Å². The van der Waals surface area contributed by atoms with E-state index in [0.29, 0.717) is 17.8 Å². The summed E-state index contributed by atoms with van der Waals surface area (Å²) in [6.45, 7) is 0.251. The lowest BCUT2D eigenvalue weighted by Crippen LogP contribution is -2.48. The van der Waals surface area contributed by atoms with E-state index >= 15 is 0 Å². The molecule has 9 nitrogen and oxygen atoms in total. The molecule has 1 aliphatic rings. The monoisotopic (exact) mass is 522 g/mol. The number of carbonyl (C=O) groups is 2. The Hall–Kier alpha value is -3.34. The molecule has 4 rings (SSSR count). The molecule has 0 bridgehead atoms. The van der Waals surface area contributed by atoms with Gasteiger partial charge in [0.05, 0.1) is 13.4 Å². The van der Waals surface area contributed by atoms with E-state index in [9.17, 15) is 19.6 Å². The zero-order chi connectivity index (χ0) is 26.9. The van der Waals surface area contributed by atoms with Gasteiger partial charge in [0.1, 0.15) is 23.5 Å². The normalized spacial score (nSPS) is 15.6. The molecule has 0 saturated heterocycles. The highest BCUT2D eigenvalue weighted by molar-refractivity contribution is 6.32. The van der Waals surface area contributed by atoms with Gasteiger partial charge in [-0.3, -0.25) is 9.59 Å². The number of hydrogen-bond donors (Lipinski definition) is 4. The molecule has 0 spiro atoms. The fraction of sp³-hybridized carbons (Fsp3) is 0.429. The number of benzene rings is 2. The second-order valence-electron chi connectivity index (χ2n) is 9.78. The van der Waals surface area contributed by atoms with Crippen molar-refractivity contribution in [3.8, 4) is 5.75 Å². The quantitative estimate of drug-likeness (QED) is 0.163. The first-order valence-electron chi connectivity index (χ1n) is 13.1. The third kappa shape index (κ3) is 7.60. The van der Waals surface area contributed by atoms with Crippen molar-refractivity contribution in [2.24, 2.45) is 11.8 Å². The lowest BCUT2D eigenvalue weighted by molar-refractivity contribution is -0.138. The van der Waals surface area contributed by atoms with E-state index < -0.39 is 25.4 Å². The Morgan fingerprint density at radius 1 is 1.08 bits per heavy atom. The Kier molecular flexibility index (Phi) is 9.81. The molecule has 1 unspecified atom stereocenters. The lowest BCUT2D eigenvalue weighted by atomic mass is 9.82. The van der Waals surface area contributed by atoms with E-state index in [1.54, 1.807) is 13.4 Å². The number of hydrogen-bond acceptors (Lipinski definition) is 7. The Morgan fingerprint density at radius 2 is 1.87 bits per heavy atom. The number of furan rings is 1. The van der Waals surface area contributed by atoms with Crippen molar-refractivity contribution >= 4 is 30.1 Å². The van der Waals surface area contributed by atoms with Gasteiger partial charge in [-0.05, 0) is 36.1 Å². The standard InChI is InChI=1S/C28H35BN2O7/c1-36-22-11-7-10-20(14-22)17-30-27(32)24(15-19-8-3-2-4-9-19)28(33)31-26(38-29(34)35)16-21-18-37-25-13-6-5-12-23(21)25/h5-7,10-14,18-19,24,26,34-35H,2-4,8-9,15-17H2,1H3,(H,30,32)(H,31,33)/t24?,26-/m1/s1. The fourth-order valence-electron chi connectivity index (χ4n) is 5.11. The Balaban J connectivity index is 1.48. The number of fused-ring (bicyclic) bond motifs is 1. The summed E-state index contributed by atoms with van der Waals surface area (Å²) >= 11 is 0. The molecular weight excluding hydrogens is 487 g/mol. The second kappa shape index (κ2) is 13.5. The first-order chi connectivity index (χ1) is 18.4. The maximum absolute atomic E-state index is 13.5. The molecule has 0 radical (unpaired) electrons. The maximum atomic E-state index is 13.5. The van der Waals surface area contributed by atoms with Crippen LogP contribution in [-0.2, 0) is 27.2 Å². The molecular formula is C28H35BN2O7. The average Bonchev–Trinajstić information content (AvgIpc) is 3.33. The van der Waals surface area contributed by atoms with Gasteiger partial charge in [0, 0.05) is 23.9 Å². The van der Waals surface area contributed by atoms with Gasteiger partial charge in [-0.25, -0.2) is 0 Å². The molecule has 1 heterocycles. The predicted octanol–water partition coefficient (Wildman–Crippen LogP) is 3.32. The summed E-state index contributed by atoms with van der Waals surface area (Å²) < 4.78 is 16.0. The maximum Gasteiger partial charge on any atom is 0.635 e. The number of methoxy groups -OCH3 is 1. The topological polar surface area (TPSA) is 130 Å². The van der Waals surface area contributed by atoms with E-state index in [1.807, 2.05) is 48.5 Å². The van der Waals surface area contributed by atoms with Gasteiger partial charge in [0.2, 0.25) is 11.8 Å². The minimum absolute atomic E-state index is 0.127. The van der Waals surface area contributed by atoms with Crippen LogP contribution in [0.4, 0.5) is 0 Å². The zero-order valence-electron chi connectivity index (χ0n) is 21.6. The number of carbonyl (C=O) groups excluding carboxylic acids is 2. The molecule has 4 N–H and O–H groups in total. The van der Waals surface area contributed by atoms with Crippen LogP contribution in [0.3, 0.4) is 0 Å². The summed E-state index contributed by atoms with van der Waals surface area (Å²) in [4.78, 5) is 26.8. The minimum Gasteiger partial charge on any atom is -0.497 e. The van der Waals surface area contributed by atoms with Crippen LogP contribution in [0.15, 0.2) is 59.2 Å². The van der Waals surface area contributed by atoms with Crippen molar-refractivity contribution in [2.45, 2.75) is 57.7 Å². The van der Waals surface area contributed by atoms with Crippen LogP contribution in [0.2, 0.25) is 0 Å². The number of nitrogens with one attached hydrogen (secondary N) is 2. The highest BCUT2D eigenvalue weighted by Crippen LogP contribution is 2.30. The van der Waals surface area contributed by atoms with Crippen molar-refractivity contribution in [2.75, 3.05) is 7.11 Å². The Bertz CT molecular complexity index is 1210. The average molecular weight is 522 g/mol. The molecule has 0 aliphatic heterocycles. The molecule has 1 aromatic heterocycles.